The van der Waals surface area contributed by atoms with E-state index in [-0.39, 0.29) is 11.8 Å². The summed E-state index contributed by atoms with van der Waals surface area (Å²) >= 11 is 0. The number of nitrogens with one attached hydrogen (secondary N) is 1. The lowest BCUT2D eigenvalue weighted by Gasteiger charge is -2.37. The van der Waals surface area contributed by atoms with E-state index in [0.717, 1.165) is 50.4 Å². The Balaban J connectivity index is 1.29. The van der Waals surface area contributed by atoms with Gasteiger partial charge < -0.3 is 14.8 Å². The van der Waals surface area contributed by atoms with Crippen LogP contribution in [-0.4, -0.2) is 34.6 Å². The lowest BCUT2D eigenvalue weighted by Crippen LogP contribution is -2.48. The molecule has 0 spiro atoms. The third kappa shape index (κ3) is 4.70. The Labute approximate surface area is 203 Å². The SMILES string of the molecule is Cc1cccc(Cn2c(N3CCC(C(=O)NC4CCCC(C)C4C)CC3)nc3ccccc32)c1. The maximum Gasteiger partial charge on any atom is 0.223 e. The number of aryl methyl sites for hydroxylation is 1. The van der Waals surface area contributed by atoms with Gasteiger partial charge in [-0.2, -0.15) is 0 Å². The number of amides is 1. The molecule has 0 bridgehead atoms. The molecule has 2 aliphatic rings. The third-order valence-electron chi connectivity index (χ3n) is 8.24. The van der Waals surface area contributed by atoms with Crippen molar-refractivity contribution < 1.29 is 4.79 Å². The number of carbonyl (C=O) groups is 1. The lowest BCUT2D eigenvalue weighted by atomic mass is 9.78. The number of fused-ring (bicyclic) bond motifs is 1. The Kier molecular flexibility index (Phi) is 6.62. The summed E-state index contributed by atoms with van der Waals surface area (Å²) in [6.45, 7) is 9.30. The van der Waals surface area contributed by atoms with E-state index >= 15 is 0 Å². The van der Waals surface area contributed by atoms with Crippen LogP contribution >= 0.6 is 0 Å². The van der Waals surface area contributed by atoms with E-state index in [0.29, 0.717) is 17.9 Å². The molecule has 0 radical (unpaired) electrons. The van der Waals surface area contributed by atoms with E-state index in [1.54, 1.807) is 0 Å². The highest BCUT2D eigenvalue weighted by molar-refractivity contribution is 5.80. The summed E-state index contributed by atoms with van der Waals surface area (Å²) in [5.74, 6) is 2.66. The molecule has 3 aromatic rings. The maximum absolute atomic E-state index is 13.1. The first kappa shape index (κ1) is 22.9. The molecule has 2 aromatic carbocycles. The number of aromatic nitrogens is 2. The molecule has 3 atom stereocenters. The molecule has 2 fully saturated rings. The second-order valence-electron chi connectivity index (χ2n) is 10.6. The van der Waals surface area contributed by atoms with Gasteiger partial charge in [-0.1, -0.05) is 68.7 Å². The number of imidazole rings is 1. The number of nitrogens with zero attached hydrogens (tertiary/aromatic N) is 3. The largest absolute Gasteiger partial charge is 0.353 e. The van der Waals surface area contributed by atoms with Crippen LogP contribution < -0.4 is 10.2 Å². The van der Waals surface area contributed by atoms with E-state index < -0.39 is 0 Å². The highest BCUT2D eigenvalue weighted by atomic mass is 16.2. The number of piperidine rings is 1. The summed E-state index contributed by atoms with van der Waals surface area (Å²) in [5, 5.41) is 3.42. The standard InChI is InChI=1S/C29H38N4O/c1-20-8-6-10-23(18-20)19-33-27-13-5-4-11-26(27)31-29(33)32-16-14-24(15-17-32)28(34)30-25-12-7-9-21(2)22(25)3/h4-6,8,10-11,13,18,21-22,24-25H,7,9,12,14-17,19H2,1-3H3,(H,30,34). The number of carbonyl (C=O) groups excluding carboxylic acids is 1. The first-order valence-corrected chi connectivity index (χ1v) is 13.1. The molecular formula is C29H38N4O. The van der Waals surface area contributed by atoms with Gasteiger partial charge in [0, 0.05) is 25.0 Å². The van der Waals surface area contributed by atoms with Gasteiger partial charge in [-0.15, -0.1) is 0 Å². The maximum atomic E-state index is 13.1. The fourth-order valence-electron chi connectivity index (χ4n) is 5.88. The molecule has 1 aliphatic carbocycles. The minimum absolute atomic E-state index is 0.107. The quantitative estimate of drug-likeness (QED) is 0.545. The number of hydrogen-bond donors (Lipinski definition) is 1. The van der Waals surface area contributed by atoms with E-state index in [4.69, 9.17) is 4.98 Å². The molecule has 1 amide bonds. The number of benzene rings is 2. The van der Waals surface area contributed by atoms with Crippen LogP contribution in [0, 0.1) is 24.7 Å². The lowest BCUT2D eigenvalue weighted by molar-refractivity contribution is -0.127. The van der Waals surface area contributed by atoms with Crippen molar-refractivity contribution in [3.05, 3.63) is 59.7 Å². The zero-order chi connectivity index (χ0) is 23.7. The Morgan fingerprint density at radius 3 is 2.62 bits per heavy atom. The molecule has 5 rings (SSSR count). The molecule has 5 nitrogen and oxygen atoms in total. The normalized spacial score (nSPS) is 23.9. The van der Waals surface area contributed by atoms with Crippen LogP contribution in [0.3, 0.4) is 0 Å². The highest BCUT2D eigenvalue weighted by Crippen LogP contribution is 2.31. The predicted molar refractivity (Wildman–Crippen MR) is 139 cm³/mol. The molecule has 3 unspecified atom stereocenters. The molecule has 1 aliphatic heterocycles. The summed E-state index contributed by atoms with van der Waals surface area (Å²) in [4.78, 5) is 20.5. The Bertz CT molecular complexity index is 1140. The van der Waals surface area contributed by atoms with Crippen LogP contribution in [0.4, 0.5) is 5.95 Å². The zero-order valence-corrected chi connectivity index (χ0v) is 20.8. The van der Waals surface area contributed by atoms with Gasteiger partial charge >= 0.3 is 0 Å². The summed E-state index contributed by atoms with van der Waals surface area (Å²) in [7, 11) is 0. The molecule has 2 heterocycles. The number of rotatable bonds is 5. The molecule has 1 aromatic heterocycles. The highest BCUT2D eigenvalue weighted by Gasteiger charge is 2.32. The van der Waals surface area contributed by atoms with Crippen molar-refractivity contribution in [1.29, 1.82) is 0 Å². The van der Waals surface area contributed by atoms with Gasteiger partial charge in [0.25, 0.3) is 0 Å². The van der Waals surface area contributed by atoms with Crippen LogP contribution in [-0.2, 0) is 11.3 Å². The summed E-state index contributed by atoms with van der Waals surface area (Å²) in [6, 6.07) is 17.4. The van der Waals surface area contributed by atoms with E-state index in [1.165, 1.54) is 29.5 Å². The van der Waals surface area contributed by atoms with Gasteiger partial charge in [0.05, 0.1) is 17.6 Å². The van der Waals surface area contributed by atoms with Crippen LogP contribution in [0.2, 0.25) is 0 Å². The molecule has 1 saturated carbocycles. The topological polar surface area (TPSA) is 50.2 Å². The average molecular weight is 459 g/mol. The predicted octanol–water partition coefficient (Wildman–Crippen LogP) is 5.55. The average Bonchev–Trinajstić information content (AvgIpc) is 3.20. The molecule has 5 heteroatoms. The third-order valence-corrected chi connectivity index (χ3v) is 8.24. The van der Waals surface area contributed by atoms with Crippen LogP contribution in [0.15, 0.2) is 48.5 Å². The smallest absolute Gasteiger partial charge is 0.223 e. The van der Waals surface area contributed by atoms with Crippen molar-refractivity contribution in [2.45, 2.75) is 65.5 Å². The van der Waals surface area contributed by atoms with E-state index in [1.807, 2.05) is 0 Å². The monoisotopic (exact) mass is 458 g/mol. The zero-order valence-electron chi connectivity index (χ0n) is 20.8. The van der Waals surface area contributed by atoms with Gasteiger partial charge in [0.15, 0.2) is 0 Å². The van der Waals surface area contributed by atoms with Gasteiger partial charge in [0.1, 0.15) is 0 Å². The van der Waals surface area contributed by atoms with E-state index in [2.05, 4.69) is 84.1 Å². The Morgan fingerprint density at radius 2 is 1.82 bits per heavy atom. The van der Waals surface area contributed by atoms with Crippen molar-refractivity contribution in [2.75, 3.05) is 18.0 Å². The van der Waals surface area contributed by atoms with Crippen LogP contribution in [0.1, 0.15) is 57.1 Å². The first-order chi connectivity index (χ1) is 16.5. The van der Waals surface area contributed by atoms with Crippen LogP contribution in [0.25, 0.3) is 11.0 Å². The number of para-hydroxylation sites is 2. The van der Waals surface area contributed by atoms with Gasteiger partial charge in [-0.05, 0) is 55.7 Å². The minimum atomic E-state index is 0.107. The van der Waals surface area contributed by atoms with Crippen molar-refractivity contribution in [1.82, 2.24) is 14.9 Å². The van der Waals surface area contributed by atoms with Crippen molar-refractivity contribution in [3.8, 4) is 0 Å². The van der Waals surface area contributed by atoms with Gasteiger partial charge in [-0.3, -0.25) is 4.79 Å². The minimum Gasteiger partial charge on any atom is -0.353 e. The second kappa shape index (κ2) is 9.81. The molecular weight excluding hydrogens is 420 g/mol. The summed E-state index contributed by atoms with van der Waals surface area (Å²) in [5.41, 5.74) is 4.76. The summed E-state index contributed by atoms with van der Waals surface area (Å²) < 4.78 is 2.34. The molecule has 1 saturated heterocycles. The Morgan fingerprint density at radius 1 is 1.03 bits per heavy atom. The molecule has 34 heavy (non-hydrogen) atoms. The van der Waals surface area contributed by atoms with Gasteiger partial charge in [-0.25, -0.2) is 4.98 Å². The Hall–Kier alpha value is -2.82. The number of hydrogen-bond acceptors (Lipinski definition) is 3. The number of anilines is 1. The van der Waals surface area contributed by atoms with Crippen molar-refractivity contribution in [2.24, 2.45) is 17.8 Å². The van der Waals surface area contributed by atoms with E-state index in [9.17, 15) is 4.79 Å². The second-order valence-corrected chi connectivity index (χ2v) is 10.6. The summed E-state index contributed by atoms with van der Waals surface area (Å²) in [6.07, 6.45) is 5.41. The van der Waals surface area contributed by atoms with Gasteiger partial charge in [0.2, 0.25) is 11.9 Å². The van der Waals surface area contributed by atoms with Crippen LogP contribution in [0.5, 0.6) is 0 Å². The van der Waals surface area contributed by atoms with Crippen molar-refractivity contribution >= 4 is 22.9 Å². The van der Waals surface area contributed by atoms with Crippen molar-refractivity contribution in [3.63, 3.8) is 0 Å². The first-order valence-electron chi connectivity index (χ1n) is 13.1. The fourth-order valence-corrected chi connectivity index (χ4v) is 5.88. The molecule has 180 valence electrons. The fraction of sp³-hybridized carbons (Fsp3) is 0.517. The molecule has 1 N–H and O–H groups in total.